The molecule has 0 aromatic carbocycles. The van der Waals surface area contributed by atoms with E-state index in [1.807, 2.05) is 33.9 Å². The van der Waals surface area contributed by atoms with Crippen LogP contribution in [0.25, 0.3) is 0 Å². The molecule has 0 spiro atoms. The fraction of sp³-hybridized carbons (Fsp3) is 0.769. The molecule has 108 valence electrons. The van der Waals surface area contributed by atoms with Crippen LogP contribution >= 0.6 is 0 Å². The van der Waals surface area contributed by atoms with Crippen molar-refractivity contribution in [2.24, 2.45) is 11.8 Å². The van der Waals surface area contributed by atoms with Crippen molar-refractivity contribution >= 4 is 5.97 Å². The van der Waals surface area contributed by atoms with Crippen LogP contribution in [0.1, 0.15) is 45.9 Å². The highest BCUT2D eigenvalue weighted by Crippen LogP contribution is 2.11. The highest BCUT2D eigenvalue weighted by atomic mass is 16.4. The molecular weight excluding hydrogens is 244 g/mol. The van der Waals surface area contributed by atoms with Crippen molar-refractivity contribution in [1.29, 1.82) is 0 Å². The molecule has 0 bridgehead atoms. The molecule has 1 aromatic rings. The normalized spacial score (nSPS) is 13.2. The van der Waals surface area contributed by atoms with Crippen molar-refractivity contribution in [3.63, 3.8) is 0 Å². The van der Waals surface area contributed by atoms with Gasteiger partial charge in [-0.05, 0) is 26.2 Å². The molecular formula is C13H24N4O2. The summed E-state index contributed by atoms with van der Waals surface area (Å²) < 4.78 is 1.79. The second-order valence-corrected chi connectivity index (χ2v) is 5.58. The molecule has 1 unspecified atom stereocenters. The lowest BCUT2D eigenvalue weighted by atomic mass is 9.97. The maximum atomic E-state index is 11.1. The Morgan fingerprint density at radius 3 is 2.58 bits per heavy atom. The molecule has 0 aliphatic carbocycles. The van der Waals surface area contributed by atoms with E-state index < -0.39 is 5.97 Å². The van der Waals surface area contributed by atoms with Crippen LogP contribution in [-0.4, -0.2) is 32.6 Å². The van der Waals surface area contributed by atoms with E-state index in [2.05, 4.69) is 15.6 Å². The Morgan fingerprint density at radius 2 is 2.11 bits per heavy atom. The van der Waals surface area contributed by atoms with E-state index in [9.17, 15) is 4.79 Å². The lowest BCUT2D eigenvalue weighted by Gasteiger charge is -2.14. The number of aromatic nitrogens is 3. The lowest BCUT2D eigenvalue weighted by Crippen LogP contribution is -2.29. The molecule has 0 radical (unpaired) electrons. The van der Waals surface area contributed by atoms with Crippen LogP contribution in [0.5, 0.6) is 0 Å². The summed E-state index contributed by atoms with van der Waals surface area (Å²) in [6, 6.07) is 0.286. The number of nitrogens with zero attached hydrogens (tertiary/aromatic N) is 3. The van der Waals surface area contributed by atoms with Gasteiger partial charge in [-0.15, -0.1) is 5.10 Å². The lowest BCUT2D eigenvalue weighted by molar-refractivity contribution is -0.142. The van der Waals surface area contributed by atoms with Gasteiger partial charge in [0.2, 0.25) is 0 Å². The van der Waals surface area contributed by atoms with Crippen LogP contribution in [0.4, 0.5) is 0 Å². The maximum absolute atomic E-state index is 11.1. The standard InChI is InChI=1S/C13H24N4O2/c1-9(2)5-11(13(18)19)6-14-7-12-8-17(10(3)4)16-15-12/h8-11,14H,5-7H2,1-4H3,(H,18,19). The summed E-state index contributed by atoms with van der Waals surface area (Å²) in [4.78, 5) is 11.1. The Balaban J connectivity index is 2.40. The van der Waals surface area contributed by atoms with Crippen molar-refractivity contribution in [1.82, 2.24) is 20.3 Å². The fourth-order valence-corrected chi connectivity index (χ4v) is 1.86. The van der Waals surface area contributed by atoms with Crippen LogP contribution in [-0.2, 0) is 11.3 Å². The van der Waals surface area contributed by atoms with Gasteiger partial charge < -0.3 is 10.4 Å². The minimum absolute atomic E-state index is 0.286. The Bertz CT molecular complexity index is 401. The molecule has 0 saturated heterocycles. The Morgan fingerprint density at radius 1 is 1.42 bits per heavy atom. The third-order valence-electron chi connectivity index (χ3n) is 2.89. The number of hydrogen-bond donors (Lipinski definition) is 2. The predicted octanol–water partition coefficient (Wildman–Crippen LogP) is 1.70. The number of rotatable bonds is 8. The fourth-order valence-electron chi connectivity index (χ4n) is 1.86. The van der Waals surface area contributed by atoms with Crippen LogP contribution in [0, 0.1) is 11.8 Å². The number of aliphatic carboxylic acids is 1. The Kier molecular flexibility index (Phi) is 5.95. The van der Waals surface area contributed by atoms with Crippen LogP contribution in [0.2, 0.25) is 0 Å². The van der Waals surface area contributed by atoms with Crippen LogP contribution < -0.4 is 5.32 Å². The molecule has 6 heteroatoms. The van der Waals surface area contributed by atoms with E-state index in [1.165, 1.54) is 0 Å². The monoisotopic (exact) mass is 268 g/mol. The number of carboxylic acids is 1. The van der Waals surface area contributed by atoms with E-state index in [0.29, 0.717) is 25.4 Å². The average molecular weight is 268 g/mol. The largest absolute Gasteiger partial charge is 0.481 e. The molecule has 1 heterocycles. The van der Waals surface area contributed by atoms with Crippen molar-refractivity contribution in [3.05, 3.63) is 11.9 Å². The van der Waals surface area contributed by atoms with Crippen molar-refractivity contribution in [2.75, 3.05) is 6.54 Å². The third kappa shape index (κ3) is 5.38. The second kappa shape index (κ2) is 7.23. The minimum atomic E-state index is -0.743. The smallest absolute Gasteiger partial charge is 0.307 e. The topological polar surface area (TPSA) is 80.0 Å². The number of nitrogens with one attached hydrogen (secondary N) is 1. The molecule has 6 nitrogen and oxygen atoms in total. The molecule has 0 saturated carbocycles. The zero-order valence-corrected chi connectivity index (χ0v) is 12.1. The molecule has 2 N–H and O–H groups in total. The summed E-state index contributed by atoms with van der Waals surface area (Å²) in [6.07, 6.45) is 2.57. The summed E-state index contributed by atoms with van der Waals surface area (Å²) >= 11 is 0. The molecule has 0 aliphatic heterocycles. The molecule has 1 rings (SSSR count). The molecule has 0 fully saturated rings. The zero-order chi connectivity index (χ0) is 14.4. The first-order valence-electron chi connectivity index (χ1n) is 6.74. The van der Waals surface area contributed by atoms with Crippen molar-refractivity contribution < 1.29 is 9.90 Å². The Hall–Kier alpha value is -1.43. The van der Waals surface area contributed by atoms with E-state index in [-0.39, 0.29) is 12.0 Å². The van der Waals surface area contributed by atoms with Gasteiger partial charge in [-0.2, -0.15) is 0 Å². The molecule has 1 aromatic heterocycles. The third-order valence-corrected chi connectivity index (χ3v) is 2.89. The highest BCUT2D eigenvalue weighted by Gasteiger charge is 2.18. The van der Waals surface area contributed by atoms with Gasteiger partial charge in [0, 0.05) is 19.1 Å². The SMILES string of the molecule is CC(C)CC(CNCc1cn(C(C)C)nn1)C(=O)O. The summed E-state index contributed by atoms with van der Waals surface area (Å²) in [5, 5.41) is 20.3. The van der Waals surface area contributed by atoms with Crippen LogP contribution in [0.15, 0.2) is 6.20 Å². The Labute approximate surface area is 114 Å². The predicted molar refractivity (Wildman–Crippen MR) is 72.7 cm³/mol. The van der Waals surface area contributed by atoms with Crippen molar-refractivity contribution in [2.45, 2.75) is 46.7 Å². The van der Waals surface area contributed by atoms with E-state index in [4.69, 9.17) is 5.11 Å². The van der Waals surface area contributed by atoms with Crippen molar-refractivity contribution in [3.8, 4) is 0 Å². The van der Waals surface area contributed by atoms with Crippen LogP contribution in [0.3, 0.4) is 0 Å². The molecule has 1 atom stereocenters. The zero-order valence-electron chi connectivity index (χ0n) is 12.1. The van der Waals surface area contributed by atoms with E-state index in [0.717, 1.165) is 5.69 Å². The van der Waals surface area contributed by atoms with Gasteiger partial charge in [0.1, 0.15) is 0 Å². The van der Waals surface area contributed by atoms with E-state index >= 15 is 0 Å². The molecule has 19 heavy (non-hydrogen) atoms. The van der Waals surface area contributed by atoms with Gasteiger partial charge >= 0.3 is 5.97 Å². The first-order chi connectivity index (χ1) is 8.90. The number of hydrogen-bond acceptors (Lipinski definition) is 4. The number of carbonyl (C=O) groups is 1. The van der Waals surface area contributed by atoms with Gasteiger partial charge in [0.25, 0.3) is 0 Å². The van der Waals surface area contributed by atoms with Gasteiger partial charge in [-0.3, -0.25) is 4.79 Å². The highest BCUT2D eigenvalue weighted by molar-refractivity contribution is 5.70. The maximum Gasteiger partial charge on any atom is 0.307 e. The molecule has 0 aliphatic rings. The van der Waals surface area contributed by atoms with Gasteiger partial charge in [0.05, 0.1) is 17.8 Å². The first-order valence-corrected chi connectivity index (χ1v) is 6.74. The summed E-state index contributed by atoms with van der Waals surface area (Å²) in [7, 11) is 0. The summed E-state index contributed by atoms with van der Waals surface area (Å²) in [5.41, 5.74) is 0.836. The quantitative estimate of drug-likeness (QED) is 0.750. The van der Waals surface area contributed by atoms with E-state index in [1.54, 1.807) is 4.68 Å². The summed E-state index contributed by atoms with van der Waals surface area (Å²) in [6.45, 7) is 9.15. The molecule has 0 amide bonds. The second-order valence-electron chi connectivity index (χ2n) is 5.58. The van der Waals surface area contributed by atoms with Gasteiger partial charge in [0.15, 0.2) is 0 Å². The average Bonchev–Trinajstić information content (AvgIpc) is 2.75. The minimum Gasteiger partial charge on any atom is -0.481 e. The first kappa shape index (κ1) is 15.6. The number of carboxylic acid groups (broad SMARTS) is 1. The van der Waals surface area contributed by atoms with Gasteiger partial charge in [-0.25, -0.2) is 4.68 Å². The summed E-state index contributed by atoms with van der Waals surface area (Å²) in [5.74, 6) is -0.711. The van der Waals surface area contributed by atoms with Gasteiger partial charge in [-0.1, -0.05) is 19.1 Å².